The number of rotatable bonds is 3. The van der Waals surface area contributed by atoms with Gasteiger partial charge < -0.3 is 14.6 Å². The average Bonchev–Trinajstić information content (AvgIpc) is 2.91. The van der Waals surface area contributed by atoms with Gasteiger partial charge in [0.2, 0.25) is 0 Å². The molecule has 0 aliphatic rings. The van der Waals surface area contributed by atoms with E-state index < -0.39 is 5.91 Å². The number of aromatic hydroxyl groups is 2. The molecule has 0 aliphatic heterocycles. The quantitative estimate of drug-likeness (QED) is 0.512. The highest BCUT2D eigenvalue weighted by molar-refractivity contribution is 6.03. The number of phenolic OH excluding ortho intramolecular Hbond substituents is 2. The largest absolute Gasteiger partial charge is 0.508 e. The average molecular weight is 310 g/mol. The Morgan fingerprint density at radius 2 is 1.91 bits per heavy atom. The van der Waals surface area contributed by atoms with Crippen LogP contribution < -0.4 is 5.43 Å². The number of nitrogens with zero attached hydrogens (tertiary/aromatic N) is 1. The van der Waals surface area contributed by atoms with Crippen LogP contribution in [0.1, 0.15) is 21.5 Å². The number of amides is 1. The fraction of sp³-hybridized carbons (Fsp3) is 0.0588. The first-order chi connectivity index (χ1) is 11.1. The summed E-state index contributed by atoms with van der Waals surface area (Å²) in [6.07, 6.45) is 2.96. The van der Waals surface area contributed by atoms with Crippen molar-refractivity contribution in [2.75, 3.05) is 0 Å². The van der Waals surface area contributed by atoms with Crippen LogP contribution in [0.25, 0.3) is 11.0 Å². The Labute approximate surface area is 131 Å². The molecule has 0 radical (unpaired) electrons. The summed E-state index contributed by atoms with van der Waals surface area (Å²) < 4.78 is 5.27. The Kier molecular flexibility index (Phi) is 3.72. The van der Waals surface area contributed by atoms with Gasteiger partial charge in [0.25, 0.3) is 5.91 Å². The highest BCUT2D eigenvalue weighted by atomic mass is 16.3. The highest BCUT2D eigenvalue weighted by Crippen LogP contribution is 2.32. The number of furan rings is 1. The topological polar surface area (TPSA) is 95.1 Å². The van der Waals surface area contributed by atoms with Crippen molar-refractivity contribution in [3.8, 4) is 11.5 Å². The van der Waals surface area contributed by atoms with Gasteiger partial charge in [-0.05, 0) is 54.4 Å². The molecule has 0 saturated carbocycles. The molecule has 0 saturated heterocycles. The molecule has 1 heterocycles. The van der Waals surface area contributed by atoms with Crippen LogP contribution in [0.4, 0.5) is 0 Å². The summed E-state index contributed by atoms with van der Waals surface area (Å²) in [4.78, 5) is 12.1. The van der Waals surface area contributed by atoms with Gasteiger partial charge in [0, 0.05) is 0 Å². The molecule has 0 bridgehead atoms. The first kappa shape index (κ1) is 14.6. The lowest BCUT2D eigenvalue weighted by Crippen LogP contribution is -2.17. The number of hydrazone groups is 1. The molecule has 6 heteroatoms. The molecule has 1 aromatic heterocycles. The molecule has 6 nitrogen and oxygen atoms in total. The van der Waals surface area contributed by atoms with Crippen molar-refractivity contribution >= 4 is 23.1 Å². The third kappa shape index (κ3) is 2.87. The predicted molar refractivity (Wildman–Crippen MR) is 85.8 cm³/mol. The second-order valence-electron chi connectivity index (χ2n) is 5.04. The Morgan fingerprint density at radius 3 is 2.65 bits per heavy atom. The fourth-order valence-electron chi connectivity index (χ4n) is 2.23. The lowest BCUT2D eigenvalue weighted by molar-refractivity contribution is 0.0952. The number of hydrogen-bond acceptors (Lipinski definition) is 5. The molecule has 1 amide bonds. The maximum atomic E-state index is 12.1. The van der Waals surface area contributed by atoms with Crippen LogP contribution in [0, 0.1) is 6.92 Å². The Hall–Kier alpha value is -3.28. The number of benzene rings is 2. The van der Waals surface area contributed by atoms with Crippen molar-refractivity contribution in [3.63, 3.8) is 0 Å². The minimum absolute atomic E-state index is 0.116. The number of phenols is 2. The molecule has 0 fully saturated rings. The molecule has 2 aromatic carbocycles. The van der Waals surface area contributed by atoms with Crippen LogP contribution in [0.3, 0.4) is 0 Å². The Morgan fingerprint density at radius 1 is 1.17 bits per heavy atom. The fourth-order valence-corrected chi connectivity index (χ4v) is 2.23. The summed E-state index contributed by atoms with van der Waals surface area (Å²) in [7, 11) is 0. The van der Waals surface area contributed by atoms with E-state index in [1.807, 2.05) is 0 Å². The van der Waals surface area contributed by atoms with E-state index in [4.69, 9.17) is 4.42 Å². The van der Waals surface area contributed by atoms with Crippen LogP contribution >= 0.6 is 0 Å². The van der Waals surface area contributed by atoms with Crippen molar-refractivity contribution in [1.82, 2.24) is 5.43 Å². The van der Waals surface area contributed by atoms with Gasteiger partial charge in [-0.3, -0.25) is 4.79 Å². The molecule has 0 aliphatic carbocycles. The Bertz CT molecular complexity index is 895. The minimum Gasteiger partial charge on any atom is -0.508 e. The Balaban J connectivity index is 1.79. The van der Waals surface area contributed by atoms with E-state index in [1.165, 1.54) is 30.7 Å². The smallest absolute Gasteiger partial charge is 0.275 e. The SMILES string of the molecule is Cc1coc2ccc(C(=O)N/N=C/c3ccc(O)cc3)c(O)c12. The van der Waals surface area contributed by atoms with Crippen LogP contribution in [0.2, 0.25) is 0 Å². The van der Waals surface area contributed by atoms with Gasteiger partial charge in [0.1, 0.15) is 17.1 Å². The third-order valence-electron chi connectivity index (χ3n) is 3.41. The van der Waals surface area contributed by atoms with E-state index in [0.29, 0.717) is 16.5 Å². The summed E-state index contributed by atoms with van der Waals surface area (Å²) in [5.74, 6) is -0.508. The lowest BCUT2D eigenvalue weighted by atomic mass is 10.1. The van der Waals surface area contributed by atoms with E-state index in [0.717, 1.165) is 5.56 Å². The maximum Gasteiger partial charge on any atom is 0.275 e. The van der Waals surface area contributed by atoms with E-state index in [9.17, 15) is 15.0 Å². The first-order valence-electron chi connectivity index (χ1n) is 6.88. The summed E-state index contributed by atoms with van der Waals surface area (Å²) in [5, 5.41) is 23.8. The van der Waals surface area contributed by atoms with Crippen LogP contribution in [0.15, 0.2) is 52.2 Å². The second-order valence-corrected chi connectivity index (χ2v) is 5.04. The number of carbonyl (C=O) groups excluding carboxylic acids is 1. The zero-order chi connectivity index (χ0) is 16.4. The first-order valence-corrected chi connectivity index (χ1v) is 6.88. The molecular weight excluding hydrogens is 296 g/mol. The third-order valence-corrected chi connectivity index (χ3v) is 3.41. The van der Waals surface area contributed by atoms with Gasteiger partial charge in [-0.25, -0.2) is 5.43 Å². The van der Waals surface area contributed by atoms with Gasteiger partial charge >= 0.3 is 0 Å². The lowest BCUT2D eigenvalue weighted by Gasteiger charge is -2.04. The summed E-state index contributed by atoms with van der Waals surface area (Å²) in [6, 6.07) is 9.45. The summed E-state index contributed by atoms with van der Waals surface area (Å²) >= 11 is 0. The molecule has 23 heavy (non-hydrogen) atoms. The molecular formula is C17H14N2O4. The molecule has 0 spiro atoms. The van der Waals surface area contributed by atoms with Crippen LogP contribution in [-0.2, 0) is 0 Å². The van der Waals surface area contributed by atoms with Gasteiger partial charge in [-0.1, -0.05) is 0 Å². The molecule has 116 valence electrons. The number of nitrogens with one attached hydrogen (secondary N) is 1. The van der Waals surface area contributed by atoms with Gasteiger partial charge in [-0.2, -0.15) is 5.10 Å². The highest BCUT2D eigenvalue weighted by Gasteiger charge is 2.16. The van der Waals surface area contributed by atoms with Gasteiger partial charge in [0.15, 0.2) is 0 Å². The molecule has 0 unspecified atom stereocenters. The van der Waals surface area contributed by atoms with E-state index >= 15 is 0 Å². The van der Waals surface area contributed by atoms with Gasteiger partial charge in [-0.15, -0.1) is 0 Å². The van der Waals surface area contributed by atoms with Crippen molar-refractivity contribution < 1.29 is 19.4 Å². The molecule has 3 aromatic rings. The van der Waals surface area contributed by atoms with Crippen molar-refractivity contribution in [3.05, 3.63) is 59.4 Å². The van der Waals surface area contributed by atoms with Crippen molar-refractivity contribution in [2.24, 2.45) is 5.10 Å². The standard InChI is InChI=1S/C17H14N2O4/c1-10-9-23-14-7-6-13(16(21)15(10)14)17(22)19-18-8-11-2-4-12(20)5-3-11/h2-9,20-21H,1H3,(H,19,22)/b18-8+. The van der Waals surface area contributed by atoms with E-state index in [1.54, 1.807) is 25.1 Å². The van der Waals surface area contributed by atoms with E-state index in [-0.39, 0.29) is 17.1 Å². The number of fused-ring (bicyclic) bond motifs is 1. The number of hydrogen-bond donors (Lipinski definition) is 3. The molecule has 3 rings (SSSR count). The zero-order valence-corrected chi connectivity index (χ0v) is 12.3. The van der Waals surface area contributed by atoms with E-state index in [2.05, 4.69) is 10.5 Å². The monoisotopic (exact) mass is 310 g/mol. The molecule has 0 atom stereocenters. The second kappa shape index (κ2) is 5.84. The maximum absolute atomic E-state index is 12.1. The summed E-state index contributed by atoms with van der Waals surface area (Å²) in [6.45, 7) is 1.79. The van der Waals surface area contributed by atoms with Crippen LogP contribution in [-0.4, -0.2) is 22.3 Å². The van der Waals surface area contributed by atoms with Crippen molar-refractivity contribution in [2.45, 2.75) is 6.92 Å². The van der Waals surface area contributed by atoms with Gasteiger partial charge in [0.05, 0.1) is 23.4 Å². The predicted octanol–water partition coefficient (Wildman–Crippen LogP) is 2.92. The summed E-state index contributed by atoms with van der Waals surface area (Å²) in [5.41, 5.74) is 4.46. The molecule has 3 N–H and O–H groups in total. The van der Waals surface area contributed by atoms with Crippen molar-refractivity contribution in [1.29, 1.82) is 0 Å². The zero-order valence-electron chi connectivity index (χ0n) is 12.3. The normalized spacial score (nSPS) is 11.2. The number of carbonyl (C=O) groups is 1. The van der Waals surface area contributed by atoms with Crippen LogP contribution in [0.5, 0.6) is 11.5 Å². The minimum atomic E-state index is -0.528. The number of aryl methyl sites for hydroxylation is 1.